The third kappa shape index (κ3) is 5.48. The van der Waals surface area contributed by atoms with E-state index in [9.17, 15) is 9.59 Å². The summed E-state index contributed by atoms with van der Waals surface area (Å²) in [5.41, 5.74) is 1.71. The van der Waals surface area contributed by atoms with E-state index >= 15 is 0 Å². The Kier molecular flexibility index (Phi) is 6.82. The maximum absolute atomic E-state index is 12.8. The molecule has 0 saturated carbocycles. The van der Waals surface area contributed by atoms with Crippen LogP contribution in [0.25, 0.3) is 22.2 Å². The summed E-state index contributed by atoms with van der Waals surface area (Å²) in [6, 6.07) is 16.5. The molecule has 0 spiro atoms. The number of amides is 1. The maximum Gasteiger partial charge on any atom is 0.411 e. The summed E-state index contributed by atoms with van der Waals surface area (Å²) in [5.74, 6) is 0.788. The second-order valence-electron chi connectivity index (χ2n) is 9.40. The van der Waals surface area contributed by atoms with Gasteiger partial charge >= 0.3 is 12.1 Å². The molecule has 35 heavy (non-hydrogen) atoms. The van der Waals surface area contributed by atoms with Gasteiger partial charge < -0.3 is 18.9 Å². The molecule has 8 heteroatoms. The molecule has 0 bridgehead atoms. The Morgan fingerprint density at radius 3 is 2.43 bits per heavy atom. The first-order valence-corrected chi connectivity index (χ1v) is 11.5. The number of fused-ring (bicyclic) bond motifs is 1. The fraction of sp³-hybridized carbons (Fsp3) is 0.370. The van der Waals surface area contributed by atoms with Crippen LogP contribution in [0, 0.1) is 0 Å². The van der Waals surface area contributed by atoms with E-state index in [0.717, 1.165) is 16.6 Å². The van der Waals surface area contributed by atoms with Gasteiger partial charge in [-0.15, -0.1) is 0 Å². The van der Waals surface area contributed by atoms with Crippen molar-refractivity contribution in [2.75, 3.05) is 20.8 Å². The highest BCUT2D eigenvalue weighted by molar-refractivity contribution is 5.89. The molecule has 1 amide bonds. The highest BCUT2D eigenvalue weighted by Gasteiger charge is 2.43. The second-order valence-corrected chi connectivity index (χ2v) is 9.40. The number of carbonyl (C=O) groups is 2. The average Bonchev–Trinajstić information content (AvgIpc) is 3.26. The third-order valence-electron chi connectivity index (χ3n) is 5.71. The van der Waals surface area contributed by atoms with Crippen molar-refractivity contribution in [1.82, 2.24) is 9.88 Å². The normalized spacial score (nSPS) is 17.8. The minimum Gasteiger partial charge on any atom is -0.497 e. The SMILES string of the molecule is COC(=O)C1CC(Oc2cc(-c3ccccc3)nc3cc(OC)ccc23)CN1C(=O)OC(C)(C)C. The number of hydrogen-bond donors (Lipinski definition) is 0. The molecule has 2 unspecified atom stereocenters. The van der Waals surface area contributed by atoms with Crippen molar-refractivity contribution in [2.45, 2.75) is 44.9 Å². The van der Waals surface area contributed by atoms with Crippen LogP contribution < -0.4 is 9.47 Å². The quantitative estimate of drug-likeness (QED) is 0.485. The molecule has 0 N–H and O–H groups in total. The molecule has 8 nitrogen and oxygen atoms in total. The van der Waals surface area contributed by atoms with Crippen molar-refractivity contribution in [3.05, 3.63) is 54.6 Å². The predicted molar refractivity (Wildman–Crippen MR) is 132 cm³/mol. The topological polar surface area (TPSA) is 87.2 Å². The van der Waals surface area contributed by atoms with Crippen molar-refractivity contribution < 1.29 is 28.5 Å². The van der Waals surface area contributed by atoms with E-state index in [-0.39, 0.29) is 13.0 Å². The molecule has 2 aromatic carbocycles. The van der Waals surface area contributed by atoms with Gasteiger partial charge in [-0.1, -0.05) is 30.3 Å². The van der Waals surface area contributed by atoms with Crippen molar-refractivity contribution in [3.63, 3.8) is 0 Å². The molecule has 1 saturated heterocycles. The van der Waals surface area contributed by atoms with Gasteiger partial charge in [0.1, 0.15) is 29.2 Å². The lowest BCUT2D eigenvalue weighted by molar-refractivity contribution is -0.145. The first-order chi connectivity index (χ1) is 16.7. The molecule has 0 aliphatic carbocycles. The maximum atomic E-state index is 12.8. The van der Waals surface area contributed by atoms with E-state index in [0.29, 0.717) is 17.0 Å². The van der Waals surface area contributed by atoms with Crippen LogP contribution in [-0.4, -0.2) is 60.5 Å². The fourth-order valence-corrected chi connectivity index (χ4v) is 4.10. The van der Waals surface area contributed by atoms with E-state index in [1.165, 1.54) is 12.0 Å². The van der Waals surface area contributed by atoms with E-state index in [2.05, 4.69) is 0 Å². The minimum absolute atomic E-state index is 0.190. The van der Waals surface area contributed by atoms with Gasteiger partial charge in [-0.25, -0.2) is 14.6 Å². The summed E-state index contributed by atoms with van der Waals surface area (Å²) in [4.78, 5) is 31.5. The lowest BCUT2D eigenvalue weighted by Crippen LogP contribution is -2.44. The van der Waals surface area contributed by atoms with Crippen LogP contribution in [-0.2, 0) is 14.3 Å². The van der Waals surface area contributed by atoms with Crippen LogP contribution in [0.4, 0.5) is 4.79 Å². The van der Waals surface area contributed by atoms with Gasteiger partial charge in [0, 0.05) is 29.5 Å². The molecule has 184 valence electrons. The summed E-state index contributed by atoms with van der Waals surface area (Å²) < 4.78 is 22.3. The van der Waals surface area contributed by atoms with E-state index in [4.69, 9.17) is 23.9 Å². The highest BCUT2D eigenvalue weighted by Crippen LogP contribution is 2.34. The lowest BCUT2D eigenvalue weighted by atomic mass is 10.1. The standard InChI is InChI=1S/C27H30N2O6/c1-27(2,3)35-26(31)29-16-19(14-23(29)25(30)33-5)34-24-15-21(17-9-7-6-8-10-17)28-22-13-18(32-4)11-12-20(22)24/h6-13,15,19,23H,14,16H2,1-5H3. The van der Waals surface area contributed by atoms with Gasteiger partial charge in [-0.05, 0) is 32.9 Å². The Hall–Kier alpha value is -3.81. The number of esters is 1. The van der Waals surface area contributed by atoms with Crippen LogP contribution >= 0.6 is 0 Å². The van der Waals surface area contributed by atoms with Crippen molar-refractivity contribution in [2.24, 2.45) is 0 Å². The van der Waals surface area contributed by atoms with Gasteiger partial charge in [0.15, 0.2) is 0 Å². The van der Waals surface area contributed by atoms with Gasteiger partial charge in [-0.2, -0.15) is 0 Å². The predicted octanol–water partition coefficient (Wildman–Crippen LogP) is 4.84. The summed E-state index contributed by atoms with van der Waals surface area (Å²) >= 11 is 0. The van der Waals surface area contributed by atoms with E-state index in [1.807, 2.05) is 54.6 Å². The molecule has 1 fully saturated rings. The fourth-order valence-electron chi connectivity index (χ4n) is 4.10. The summed E-state index contributed by atoms with van der Waals surface area (Å²) in [5, 5.41) is 0.802. The average molecular weight is 479 g/mol. The smallest absolute Gasteiger partial charge is 0.411 e. The van der Waals surface area contributed by atoms with E-state index < -0.39 is 29.8 Å². The largest absolute Gasteiger partial charge is 0.497 e. The molecular formula is C27H30N2O6. The molecule has 3 aromatic rings. The zero-order valence-electron chi connectivity index (χ0n) is 20.6. The minimum atomic E-state index is -0.790. The van der Waals surface area contributed by atoms with Crippen LogP contribution in [0.15, 0.2) is 54.6 Å². The number of pyridine rings is 1. The second kappa shape index (κ2) is 9.82. The lowest BCUT2D eigenvalue weighted by Gasteiger charge is -2.27. The first kappa shape index (κ1) is 24.3. The molecule has 0 radical (unpaired) electrons. The van der Waals surface area contributed by atoms with E-state index in [1.54, 1.807) is 27.9 Å². The number of carbonyl (C=O) groups excluding carboxylic acids is 2. The van der Waals surface area contributed by atoms with Crippen LogP contribution in [0.5, 0.6) is 11.5 Å². The number of ether oxygens (including phenoxy) is 4. The molecule has 2 atom stereocenters. The van der Waals surface area contributed by atoms with Crippen molar-refractivity contribution in [3.8, 4) is 22.8 Å². The van der Waals surface area contributed by atoms with Crippen LogP contribution in [0.3, 0.4) is 0 Å². The van der Waals surface area contributed by atoms with Gasteiger partial charge in [0.2, 0.25) is 0 Å². The summed E-state index contributed by atoms with van der Waals surface area (Å²) in [6.45, 7) is 5.54. The monoisotopic (exact) mass is 478 g/mol. The number of nitrogens with zero attached hydrogens (tertiary/aromatic N) is 2. The zero-order chi connectivity index (χ0) is 25.2. The van der Waals surface area contributed by atoms with Gasteiger partial charge in [0.25, 0.3) is 0 Å². The highest BCUT2D eigenvalue weighted by atomic mass is 16.6. The first-order valence-electron chi connectivity index (χ1n) is 11.5. The van der Waals surface area contributed by atoms with Crippen LogP contribution in [0.1, 0.15) is 27.2 Å². The number of benzene rings is 2. The van der Waals surface area contributed by atoms with Crippen molar-refractivity contribution in [1.29, 1.82) is 0 Å². The van der Waals surface area contributed by atoms with Gasteiger partial charge in [-0.3, -0.25) is 4.90 Å². The molecule has 1 aliphatic rings. The molecule has 1 aliphatic heterocycles. The molecule has 1 aromatic heterocycles. The Morgan fingerprint density at radius 1 is 1.03 bits per heavy atom. The zero-order valence-corrected chi connectivity index (χ0v) is 20.6. The third-order valence-corrected chi connectivity index (χ3v) is 5.71. The van der Waals surface area contributed by atoms with Gasteiger partial charge in [0.05, 0.1) is 32.0 Å². The summed E-state index contributed by atoms with van der Waals surface area (Å²) in [7, 11) is 2.91. The number of likely N-dealkylation sites (tertiary alicyclic amines) is 1. The summed E-state index contributed by atoms with van der Waals surface area (Å²) in [6.07, 6.45) is -0.733. The Bertz CT molecular complexity index is 1220. The Balaban J connectivity index is 1.68. The number of aromatic nitrogens is 1. The molecular weight excluding hydrogens is 448 g/mol. The van der Waals surface area contributed by atoms with Crippen molar-refractivity contribution >= 4 is 23.0 Å². The molecule has 4 rings (SSSR count). The number of hydrogen-bond acceptors (Lipinski definition) is 7. The Labute approximate surface area is 204 Å². The number of rotatable bonds is 5. The van der Waals surface area contributed by atoms with Crippen LogP contribution in [0.2, 0.25) is 0 Å². The molecule has 2 heterocycles. The number of methoxy groups -OCH3 is 2. The Morgan fingerprint density at radius 2 is 1.77 bits per heavy atom.